The summed E-state index contributed by atoms with van der Waals surface area (Å²) in [5.41, 5.74) is 11.6. The number of aliphatic hydroxyl groups is 1. The van der Waals surface area contributed by atoms with Gasteiger partial charge in [-0.2, -0.15) is 5.10 Å². The molecule has 1 aliphatic heterocycles. The van der Waals surface area contributed by atoms with Crippen molar-refractivity contribution in [1.29, 1.82) is 0 Å². The van der Waals surface area contributed by atoms with E-state index in [1.54, 1.807) is 29.0 Å². The van der Waals surface area contributed by atoms with E-state index in [4.69, 9.17) is 15.8 Å². The van der Waals surface area contributed by atoms with Gasteiger partial charge < -0.3 is 15.7 Å². The molecule has 0 radical (unpaired) electrons. The Balaban J connectivity index is 1.71. The third kappa shape index (κ3) is 5.75. The first-order valence-corrected chi connectivity index (χ1v) is 12.1. The molecule has 0 unspecified atom stereocenters. The second-order valence-electron chi connectivity index (χ2n) is 8.12. The first-order chi connectivity index (χ1) is 17.0. The fourth-order valence-electron chi connectivity index (χ4n) is 3.78. The zero-order chi connectivity index (χ0) is 24.8. The highest BCUT2D eigenvalue weighted by Crippen LogP contribution is 2.30. The van der Waals surface area contributed by atoms with Gasteiger partial charge in [0.2, 0.25) is 5.91 Å². The van der Waals surface area contributed by atoms with Gasteiger partial charge in [-0.25, -0.2) is 0 Å². The number of nitrogen functional groups attached to an aromatic ring is 1. The summed E-state index contributed by atoms with van der Waals surface area (Å²) < 4.78 is 2.22. The topological polar surface area (TPSA) is 110 Å². The summed E-state index contributed by atoms with van der Waals surface area (Å²) in [6, 6.07) is 14.0. The second-order valence-corrected chi connectivity index (χ2v) is 8.91. The SMILES string of the molecule is Cn1ncc(-c2ccc(-c3ccccc3)nc2)cnc(C2=CCN(C(=O)CCO)CC2)c(Br)c1N. The molecule has 3 heterocycles. The lowest BCUT2D eigenvalue weighted by molar-refractivity contribution is -0.131. The van der Waals surface area contributed by atoms with Gasteiger partial charge in [-0.1, -0.05) is 42.5 Å². The summed E-state index contributed by atoms with van der Waals surface area (Å²) >= 11 is 3.61. The largest absolute Gasteiger partial charge is 0.396 e. The number of carbonyl (C=O) groups excluding carboxylic acids is 1. The Morgan fingerprint density at radius 3 is 2.49 bits per heavy atom. The number of nitrogens with zero attached hydrogens (tertiary/aromatic N) is 5. The number of amides is 1. The quantitative estimate of drug-likeness (QED) is 0.511. The molecule has 0 aliphatic carbocycles. The van der Waals surface area contributed by atoms with Crippen LogP contribution in [-0.2, 0) is 11.8 Å². The number of aromatic nitrogens is 4. The van der Waals surface area contributed by atoms with Crippen LogP contribution in [-0.4, -0.2) is 55.4 Å². The maximum atomic E-state index is 12.1. The van der Waals surface area contributed by atoms with Crippen LogP contribution in [0.3, 0.4) is 0 Å². The standard InChI is InChI=1S/C26H27BrN6O2/c1-32-26(28)24(27)25(19-9-12-33(13-10-19)23(35)11-14-34)30-16-21(17-31-32)20-7-8-22(29-15-20)18-5-3-2-4-6-18/h2-9,15-17,34H,10-14,28H2,1H3. The predicted octanol–water partition coefficient (Wildman–Crippen LogP) is 4.01. The van der Waals surface area contributed by atoms with Gasteiger partial charge in [0.05, 0.1) is 28.7 Å². The molecule has 0 spiro atoms. The van der Waals surface area contributed by atoms with Crippen LogP contribution in [0.2, 0.25) is 0 Å². The van der Waals surface area contributed by atoms with Crippen LogP contribution >= 0.6 is 15.9 Å². The van der Waals surface area contributed by atoms with Gasteiger partial charge in [0.15, 0.2) is 0 Å². The van der Waals surface area contributed by atoms with E-state index in [0.717, 1.165) is 28.0 Å². The molecule has 9 heteroatoms. The molecule has 0 bridgehead atoms. The lowest BCUT2D eigenvalue weighted by atomic mass is 10.0. The minimum absolute atomic E-state index is 0.0601. The second kappa shape index (κ2) is 11.2. The molecule has 0 saturated heterocycles. The van der Waals surface area contributed by atoms with Crippen LogP contribution < -0.4 is 5.73 Å². The predicted molar refractivity (Wildman–Crippen MR) is 140 cm³/mol. The minimum Gasteiger partial charge on any atom is -0.396 e. The molecule has 1 amide bonds. The van der Waals surface area contributed by atoms with E-state index >= 15 is 0 Å². The van der Waals surface area contributed by atoms with E-state index in [9.17, 15) is 4.79 Å². The minimum atomic E-state index is -0.148. The van der Waals surface area contributed by atoms with Crippen LogP contribution in [0, 0.1) is 0 Å². The Morgan fingerprint density at radius 1 is 1.06 bits per heavy atom. The zero-order valence-corrected chi connectivity index (χ0v) is 21.0. The van der Waals surface area contributed by atoms with Gasteiger partial charge in [-0.15, -0.1) is 0 Å². The molecule has 0 fully saturated rings. The number of nitrogens with two attached hydrogens (primary N) is 1. The van der Waals surface area contributed by atoms with Crippen LogP contribution in [0.1, 0.15) is 18.5 Å². The Morgan fingerprint density at radius 2 is 1.83 bits per heavy atom. The number of aliphatic hydroxyl groups excluding tert-OH is 1. The van der Waals surface area contributed by atoms with E-state index in [-0.39, 0.29) is 18.9 Å². The van der Waals surface area contributed by atoms with E-state index in [1.807, 2.05) is 54.7 Å². The number of hydrogen-bond acceptors (Lipinski definition) is 6. The molecule has 0 saturated carbocycles. The number of rotatable bonds is 5. The molecular weight excluding hydrogens is 508 g/mol. The average molecular weight is 535 g/mol. The lowest BCUT2D eigenvalue weighted by Crippen LogP contribution is -2.35. The summed E-state index contributed by atoms with van der Waals surface area (Å²) in [6.45, 7) is 0.864. The first kappa shape index (κ1) is 24.6. The van der Waals surface area contributed by atoms with Gasteiger partial charge in [0.1, 0.15) is 5.82 Å². The zero-order valence-electron chi connectivity index (χ0n) is 19.4. The molecule has 180 valence electrons. The van der Waals surface area contributed by atoms with Crippen LogP contribution in [0.15, 0.2) is 71.6 Å². The molecule has 1 aliphatic rings. The number of benzene rings is 1. The molecule has 3 aromatic rings. The van der Waals surface area contributed by atoms with Crippen molar-refractivity contribution in [3.63, 3.8) is 0 Å². The van der Waals surface area contributed by atoms with Crippen molar-refractivity contribution in [1.82, 2.24) is 24.6 Å². The van der Waals surface area contributed by atoms with E-state index in [2.05, 4.69) is 26.0 Å². The van der Waals surface area contributed by atoms with Crippen molar-refractivity contribution >= 4 is 33.2 Å². The van der Waals surface area contributed by atoms with Gasteiger partial charge in [-0.3, -0.25) is 19.4 Å². The summed E-state index contributed by atoms with van der Waals surface area (Å²) in [5, 5.41) is 13.5. The van der Waals surface area contributed by atoms with Gasteiger partial charge in [-0.05, 0) is 34.0 Å². The number of aryl methyl sites for hydroxylation is 1. The number of carbonyl (C=O) groups is 1. The Bertz CT molecular complexity index is 1290. The van der Waals surface area contributed by atoms with Crippen molar-refractivity contribution in [3.8, 4) is 22.4 Å². The molecule has 1 aromatic carbocycles. The van der Waals surface area contributed by atoms with Gasteiger partial charge in [0, 0.05) is 55.6 Å². The Labute approximate surface area is 212 Å². The smallest absolute Gasteiger partial charge is 0.225 e. The molecule has 0 atom stereocenters. The number of hydrogen-bond donors (Lipinski definition) is 2. The molecule has 35 heavy (non-hydrogen) atoms. The van der Waals surface area contributed by atoms with Crippen molar-refractivity contribution in [3.05, 3.63) is 77.3 Å². The van der Waals surface area contributed by atoms with E-state index < -0.39 is 0 Å². The Hall–Kier alpha value is -3.56. The van der Waals surface area contributed by atoms with Crippen molar-refractivity contribution in [2.45, 2.75) is 12.8 Å². The number of pyridine rings is 1. The molecule has 8 nitrogen and oxygen atoms in total. The normalized spacial score (nSPS) is 13.2. The van der Waals surface area contributed by atoms with Crippen molar-refractivity contribution < 1.29 is 9.90 Å². The third-order valence-corrected chi connectivity index (χ3v) is 6.62. The highest BCUT2D eigenvalue weighted by atomic mass is 79.9. The van der Waals surface area contributed by atoms with Gasteiger partial charge in [0.25, 0.3) is 0 Å². The third-order valence-electron chi connectivity index (χ3n) is 5.84. The number of anilines is 1. The van der Waals surface area contributed by atoms with Crippen molar-refractivity contribution in [2.75, 3.05) is 25.4 Å². The van der Waals surface area contributed by atoms with Crippen molar-refractivity contribution in [2.24, 2.45) is 7.05 Å². The highest BCUT2D eigenvalue weighted by molar-refractivity contribution is 9.10. The average Bonchev–Trinajstić information content (AvgIpc) is 2.95. The summed E-state index contributed by atoms with van der Waals surface area (Å²) in [4.78, 5) is 23.3. The van der Waals surface area contributed by atoms with Gasteiger partial charge >= 0.3 is 0 Å². The first-order valence-electron chi connectivity index (χ1n) is 11.3. The van der Waals surface area contributed by atoms with Crippen LogP contribution in [0.5, 0.6) is 0 Å². The Kier molecular flexibility index (Phi) is 7.89. The summed E-state index contributed by atoms with van der Waals surface area (Å²) in [6.07, 6.45) is 8.02. The van der Waals surface area contributed by atoms with Crippen LogP contribution in [0.4, 0.5) is 5.82 Å². The molecular formula is C26H27BrN6O2. The maximum absolute atomic E-state index is 12.1. The fraction of sp³-hybridized carbons (Fsp3) is 0.231. The van der Waals surface area contributed by atoms with Crippen LogP contribution in [0.25, 0.3) is 28.0 Å². The molecule has 3 N–H and O–H groups in total. The molecule has 2 aromatic heterocycles. The highest BCUT2D eigenvalue weighted by Gasteiger charge is 2.20. The maximum Gasteiger partial charge on any atom is 0.225 e. The van der Waals surface area contributed by atoms with E-state index in [1.165, 1.54) is 0 Å². The lowest BCUT2D eigenvalue weighted by Gasteiger charge is -2.26. The fourth-order valence-corrected chi connectivity index (χ4v) is 4.39. The monoisotopic (exact) mass is 534 g/mol. The number of halogens is 1. The summed E-state index contributed by atoms with van der Waals surface area (Å²) in [5.74, 6) is 0.363. The summed E-state index contributed by atoms with van der Waals surface area (Å²) in [7, 11) is 1.77. The van der Waals surface area contributed by atoms with E-state index in [0.29, 0.717) is 35.5 Å². The molecule has 4 rings (SSSR count).